The van der Waals surface area contributed by atoms with E-state index in [9.17, 15) is 9.59 Å². The third-order valence-corrected chi connectivity index (χ3v) is 4.50. The second-order valence-electron chi connectivity index (χ2n) is 6.18. The van der Waals surface area contributed by atoms with E-state index in [0.29, 0.717) is 11.3 Å². The topological polar surface area (TPSA) is 70.2 Å². The lowest BCUT2D eigenvalue weighted by Crippen LogP contribution is -2.46. The summed E-state index contributed by atoms with van der Waals surface area (Å²) in [6.07, 6.45) is 0. The van der Waals surface area contributed by atoms with Gasteiger partial charge in [0.05, 0.1) is 11.6 Å². The maximum absolute atomic E-state index is 13.0. The third-order valence-electron chi connectivity index (χ3n) is 4.50. The SMILES string of the molecule is CC1=C(C(=O)Nc2cccc(C)c2C)C(c2ccccc2)NC(=O)N1. The molecule has 2 aromatic carbocycles. The van der Waals surface area contributed by atoms with Gasteiger partial charge in [0.2, 0.25) is 0 Å². The monoisotopic (exact) mass is 335 g/mol. The zero-order valence-corrected chi connectivity index (χ0v) is 14.5. The van der Waals surface area contributed by atoms with Crippen molar-refractivity contribution in [3.05, 3.63) is 76.5 Å². The number of benzene rings is 2. The molecule has 1 unspecified atom stereocenters. The van der Waals surface area contributed by atoms with Crippen molar-refractivity contribution in [1.29, 1.82) is 0 Å². The van der Waals surface area contributed by atoms with Crippen molar-refractivity contribution in [2.75, 3.05) is 5.32 Å². The van der Waals surface area contributed by atoms with E-state index in [0.717, 1.165) is 22.4 Å². The van der Waals surface area contributed by atoms with Crippen LogP contribution in [0.5, 0.6) is 0 Å². The molecule has 0 radical (unpaired) electrons. The van der Waals surface area contributed by atoms with Crippen LogP contribution in [0.4, 0.5) is 10.5 Å². The van der Waals surface area contributed by atoms with Crippen molar-refractivity contribution in [1.82, 2.24) is 10.6 Å². The highest BCUT2D eigenvalue weighted by atomic mass is 16.2. The molecule has 1 aliphatic heterocycles. The van der Waals surface area contributed by atoms with Crippen LogP contribution < -0.4 is 16.0 Å². The minimum absolute atomic E-state index is 0.229. The first-order valence-electron chi connectivity index (χ1n) is 8.18. The van der Waals surface area contributed by atoms with Gasteiger partial charge in [0.15, 0.2) is 0 Å². The fourth-order valence-corrected chi connectivity index (χ4v) is 2.97. The van der Waals surface area contributed by atoms with Crippen LogP contribution in [0.25, 0.3) is 0 Å². The Morgan fingerprint density at radius 1 is 1.00 bits per heavy atom. The van der Waals surface area contributed by atoms with Gasteiger partial charge in [-0.05, 0) is 43.5 Å². The Hall–Kier alpha value is -3.08. The van der Waals surface area contributed by atoms with Crippen LogP contribution in [0.2, 0.25) is 0 Å². The molecule has 128 valence electrons. The van der Waals surface area contributed by atoms with Gasteiger partial charge in [-0.2, -0.15) is 0 Å². The van der Waals surface area contributed by atoms with Gasteiger partial charge in [0, 0.05) is 11.4 Å². The van der Waals surface area contributed by atoms with Gasteiger partial charge in [0.1, 0.15) is 0 Å². The standard InChI is InChI=1S/C20H21N3O2/c1-12-8-7-11-16(13(12)2)22-19(24)17-14(3)21-20(25)23-18(17)15-9-5-4-6-10-15/h4-11,18H,1-3H3,(H,22,24)(H2,21,23,25). The van der Waals surface area contributed by atoms with Crippen LogP contribution in [0, 0.1) is 13.8 Å². The number of hydrogen-bond donors (Lipinski definition) is 3. The Labute approximate surface area is 147 Å². The lowest BCUT2D eigenvalue weighted by molar-refractivity contribution is -0.113. The van der Waals surface area contributed by atoms with E-state index in [2.05, 4.69) is 16.0 Å². The summed E-state index contributed by atoms with van der Waals surface area (Å²) in [5.41, 5.74) is 4.83. The molecular weight excluding hydrogens is 314 g/mol. The minimum atomic E-state index is -0.486. The smallest absolute Gasteiger partial charge is 0.319 e. The maximum Gasteiger partial charge on any atom is 0.319 e. The zero-order chi connectivity index (χ0) is 18.0. The fourth-order valence-electron chi connectivity index (χ4n) is 2.97. The first-order chi connectivity index (χ1) is 12.0. The van der Waals surface area contributed by atoms with Crippen LogP contribution >= 0.6 is 0 Å². The molecule has 1 heterocycles. The highest BCUT2D eigenvalue weighted by molar-refractivity contribution is 6.07. The minimum Gasteiger partial charge on any atom is -0.327 e. The Kier molecular flexibility index (Phi) is 4.57. The van der Waals surface area contributed by atoms with Crippen LogP contribution in [0.3, 0.4) is 0 Å². The van der Waals surface area contributed by atoms with Crippen LogP contribution in [0.1, 0.15) is 29.7 Å². The highest BCUT2D eigenvalue weighted by Gasteiger charge is 2.31. The molecule has 0 spiro atoms. The molecule has 25 heavy (non-hydrogen) atoms. The zero-order valence-electron chi connectivity index (χ0n) is 14.5. The van der Waals surface area contributed by atoms with Crippen LogP contribution in [-0.4, -0.2) is 11.9 Å². The summed E-state index contributed by atoms with van der Waals surface area (Å²) in [6.45, 7) is 5.72. The summed E-state index contributed by atoms with van der Waals surface area (Å²) in [6, 6.07) is 14.5. The fraction of sp³-hybridized carbons (Fsp3) is 0.200. The van der Waals surface area contributed by atoms with E-state index in [4.69, 9.17) is 0 Å². The molecule has 3 N–H and O–H groups in total. The molecule has 5 nitrogen and oxygen atoms in total. The van der Waals surface area contributed by atoms with Crippen LogP contribution in [0.15, 0.2) is 59.8 Å². The molecule has 3 rings (SSSR count). The molecule has 0 saturated carbocycles. The molecule has 5 heteroatoms. The Balaban J connectivity index is 1.96. The van der Waals surface area contributed by atoms with Crippen molar-refractivity contribution in [3.8, 4) is 0 Å². The van der Waals surface area contributed by atoms with E-state index in [1.165, 1.54) is 0 Å². The molecule has 1 atom stereocenters. The lowest BCUT2D eigenvalue weighted by atomic mass is 9.94. The van der Waals surface area contributed by atoms with Gasteiger partial charge in [-0.25, -0.2) is 4.79 Å². The van der Waals surface area contributed by atoms with E-state index in [1.54, 1.807) is 6.92 Å². The average molecular weight is 335 g/mol. The van der Waals surface area contributed by atoms with E-state index >= 15 is 0 Å². The Morgan fingerprint density at radius 2 is 1.72 bits per heavy atom. The molecule has 0 saturated heterocycles. The summed E-state index contributed by atoms with van der Waals surface area (Å²) in [4.78, 5) is 24.9. The molecule has 2 aromatic rings. The lowest BCUT2D eigenvalue weighted by Gasteiger charge is -2.28. The summed E-state index contributed by atoms with van der Waals surface area (Å²) < 4.78 is 0. The van der Waals surface area contributed by atoms with Gasteiger partial charge in [0.25, 0.3) is 5.91 Å². The van der Waals surface area contributed by atoms with Crippen molar-refractivity contribution in [2.45, 2.75) is 26.8 Å². The second-order valence-corrected chi connectivity index (χ2v) is 6.18. The van der Waals surface area contributed by atoms with Gasteiger partial charge >= 0.3 is 6.03 Å². The number of amides is 3. The Morgan fingerprint density at radius 3 is 2.44 bits per heavy atom. The molecule has 0 aliphatic carbocycles. The molecule has 1 aliphatic rings. The molecular formula is C20H21N3O2. The van der Waals surface area contributed by atoms with Gasteiger partial charge in [-0.3, -0.25) is 4.79 Å². The normalized spacial score (nSPS) is 16.9. The summed E-state index contributed by atoms with van der Waals surface area (Å²) >= 11 is 0. The molecule has 0 fully saturated rings. The second kappa shape index (κ2) is 6.81. The number of rotatable bonds is 3. The third kappa shape index (κ3) is 3.40. The predicted molar refractivity (Wildman–Crippen MR) is 98.1 cm³/mol. The van der Waals surface area contributed by atoms with E-state index < -0.39 is 6.04 Å². The van der Waals surface area contributed by atoms with Gasteiger partial charge in [-0.15, -0.1) is 0 Å². The molecule has 3 amide bonds. The number of aryl methyl sites for hydroxylation is 1. The van der Waals surface area contributed by atoms with Crippen molar-refractivity contribution >= 4 is 17.6 Å². The van der Waals surface area contributed by atoms with Crippen LogP contribution in [-0.2, 0) is 4.79 Å². The first kappa shape index (κ1) is 16.8. The molecule has 0 bridgehead atoms. The van der Waals surface area contributed by atoms with E-state index in [-0.39, 0.29) is 11.9 Å². The van der Waals surface area contributed by atoms with Crippen molar-refractivity contribution < 1.29 is 9.59 Å². The van der Waals surface area contributed by atoms with E-state index in [1.807, 2.05) is 62.4 Å². The number of hydrogen-bond acceptors (Lipinski definition) is 2. The quantitative estimate of drug-likeness (QED) is 0.802. The number of urea groups is 1. The largest absolute Gasteiger partial charge is 0.327 e. The van der Waals surface area contributed by atoms with Crippen molar-refractivity contribution in [2.24, 2.45) is 0 Å². The number of allylic oxidation sites excluding steroid dienone is 1. The number of nitrogens with one attached hydrogen (secondary N) is 3. The predicted octanol–water partition coefficient (Wildman–Crippen LogP) is 3.57. The Bertz CT molecular complexity index is 856. The summed E-state index contributed by atoms with van der Waals surface area (Å²) in [5, 5.41) is 8.51. The number of anilines is 1. The van der Waals surface area contributed by atoms with Gasteiger partial charge in [-0.1, -0.05) is 42.5 Å². The number of carbonyl (C=O) groups is 2. The average Bonchev–Trinajstić information content (AvgIpc) is 2.59. The highest BCUT2D eigenvalue weighted by Crippen LogP contribution is 2.28. The maximum atomic E-state index is 13.0. The summed E-state index contributed by atoms with van der Waals surface area (Å²) in [5.74, 6) is -0.229. The number of carbonyl (C=O) groups excluding carboxylic acids is 2. The summed E-state index contributed by atoms with van der Waals surface area (Å²) in [7, 11) is 0. The molecule has 0 aromatic heterocycles. The van der Waals surface area contributed by atoms with Crippen molar-refractivity contribution in [3.63, 3.8) is 0 Å². The first-order valence-corrected chi connectivity index (χ1v) is 8.18. The van der Waals surface area contributed by atoms with Gasteiger partial charge < -0.3 is 16.0 Å².